The van der Waals surface area contributed by atoms with Crippen LogP contribution in [-0.4, -0.2) is 60.3 Å². The van der Waals surface area contributed by atoms with Crippen LogP contribution in [-0.2, 0) is 19.2 Å². The van der Waals surface area contributed by atoms with Crippen LogP contribution in [0.2, 0.25) is 0 Å². The molecule has 4 aromatic rings. The molecule has 0 amide bonds. The molecule has 12 heteroatoms. The molecule has 0 unspecified atom stereocenters. The summed E-state index contributed by atoms with van der Waals surface area (Å²) in [7, 11) is 0. The van der Waals surface area contributed by atoms with Crippen molar-refractivity contribution in [1.82, 2.24) is 0 Å². The van der Waals surface area contributed by atoms with Gasteiger partial charge in [-0.15, -0.1) is 12.6 Å². The number of carboxylic acid groups (broad SMARTS) is 2. The van der Waals surface area contributed by atoms with E-state index in [-0.39, 0.29) is 43.7 Å². The van der Waals surface area contributed by atoms with Gasteiger partial charge < -0.3 is 36.1 Å². The van der Waals surface area contributed by atoms with E-state index in [1.165, 1.54) is 21.4 Å². The predicted octanol–water partition coefficient (Wildman–Crippen LogP) is 5.95. The zero-order chi connectivity index (χ0) is 29.5. The zero-order valence-corrected chi connectivity index (χ0v) is 27.7. The number of carbonyl (C=O) groups excluding carboxylic acids is 4. The van der Waals surface area contributed by atoms with E-state index in [1.807, 2.05) is 60.7 Å². The maximum atomic E-state index is 11.0. The maximum Gasteiger partial charge on any atom is 0.373 e. The molecule has 0 aliphatic heterocycles. The molecule has 4 radical (unpaired) electrons. The fourth-order valence-electron chi connectivity index (χ4n) is 2.42. The van der Waals surface area contributed by atoms with Gasteiger partial charge in [-0.25, -0.2) is 9.59 Å². The van der Waals surface area contributed by atoms with E-state index in [2.05, 4.69) is 47.4 Å². The van der Waals surface area contributed by atoms with Gasteiger partial charge in [-0.05, 0) is 71.1 Å². The Morgan fingerprint density at radius 3 is 1.38 bits per heavy atom. The first kappa shape index (κ1) is 39.0. The Morgan fingerprint density at radius 1 is 0.625 bits per heavy atom. The summed E-state index contributed by atoms with van der Waals surface area (Å²) in [5.74, 6) is -1.83. The predicted molar refractivity (Wildman–Crippen MR) is 160 cm³/mol. The number of rotatable bonds is 4. The van der Waals surface area contributed by atoms with Crippen LogP contribution in [0.5, 0.6) is 0 Å². The van der Waals surface area contributed by atoms with Gasteiger partial charge in [0.05, 0.1) is 11.1 Å². The molecule has 4 rings (SSSR count). The number of benzene rings is 4. The second-order valence-electron chi connectivity index (χ2n) is 6.50. The Balaban J connectivity index is 0. The summed E-state index contributed by atoms with van der Waals surface area (Å²) in [6, 6.07) is 33.5. The van der Waals surface area contributed by atoms with Crippen molar-refractivity contribution in [2.75, 3.05) is 0 Å². The molecule has 4 aromatic carbocycles. The first-order chi connectivity index (χ1) is 18.7. The second kappa shape index (κ2) is 24.9. The van der Waals surface area contributed by atoms with Gasteiger partial charge in [-0.3, -0.25) is 0 Å². The minimum absolute atomic E-state index is 0. The van der Waals surface area contributed by atoms with E-state index in [1.54, 1.807) is 30.3 Å². The zero-order valence-electron chi connectivity index (χ0n) is 20.5. The van der Waals surface area contributed by atoms with E-state index < -0.39 is 11.9 Å². The van der Waals surface area contributed by atoms with Crippen molar-refractivity contribution >= 4 is 97.1 Å². The number of halogens is 1. The Bertz CT molecular complexity index is 1350. The SMILES string of the molecule is Ic1ccccc1.O=C(O)c1ccccc1S.O=C(O)c1ccccc1Sc1ccccc1.O=C=O.O=C=O.[In-]. The molecule has 8 nitrogen and oxygen atoms in total. The molecular formula is C28H21IInO8S2-. The van der Waals surface area contributed by atoms with E-state index in [9.17, 15) is 9.59 Å². The summed E-state index contributed by atoms with van der Waals surface area (Å²) >= 11 is 7.70. The normalized spacial score (nSPS) is 8.25. The van der Waals surface area contributed by atoms with Crippen molar-refractivity contribution in [2.45, 2.75) is 14.7 Å². The monoisotopic (exact) mass is 791 g/mol. The molecular weight excluding hydrogens is 770 g/mol. The van der Waals surface area contributed by atoms with E-state index in [4.69, 9.17) is 29.4 Å². The average molecular weight is 791 g/mol. The van der Waals surface area contributed by atoms with Crippen LogP contribution in [0.4, 0.5) is 0 Å². The summed E-state index contributed by atoms with van der Waals surface area (Å²) < 4.78 is 1.29. The quantitative estimate of drug-likeness (QED) is 0.169. The van der Waals surface area contributed by atoms with E-state index in [0.29, 0.717) is 10.5 Å². The minimum Gasteiger partial charge on any atom is -1.00 e. The molecule has 0 heterocycles. The summed E-state index contributed by atoms with van der Waals surface area (Å²) in [6.07, 6.45) is 0.500. The standard InChI is InChI=1S/C13H10O2S.C7H6O2S.C6H5I.2CO2.In/c14-13(15)11-8-4-5-9-12(11)16-10-6-2-1-3-7-10;8-7(9)5-3-1-2-4-6(5)10;7-6-4-2-1-3-5-6;2*2-1-3;/h1-9H,(H,14,15);1-4,10H,(H,8,9);1-5H;;;/q;;;;;-1. The van der Waals surface area contributed by atoms with Gasteiger partial charge in [-0.2, -0.15) is 19.2 Å². The van der Waals surface area contributed by atoms with Crippen molar-refractivity contribution in [2.24, 2.45) is 0 Å². The minimum atomic E-state index is -0.939. The molecule has 0 aliphatic rings. The van der Waals surface area contributed by atoms with Crippen molar-refractivity contribution in [3.8, 4) is 0 Å². The third-order valence-electron chi connectivity index (χ3n) is 3.96. The van der Waals surface area contributed by atoms with Crippen LogP contribution in [0, 0.1) is 3.57 Å². The van der Waals surface area contributed by atoms with Crippen molar-refractivity contribution < 1.29 is 39.0 Å². The number of hydrogen-bond acceptors (Lipinski definition) is 8. The topological polar surface area (TPSA) is 143 Å². The van der Waals surface area contributed by atoms with Gasteiger partial charge in [0.15, 0.2) is 0 Å². The van der Waals surface area contributed by atoms with Gasteiger partial charge in [0.2, 0.25) is 0 Å². The number of aromatic carboxylic acids is 2. The van der Waals surface area contributed by atoms with Crippen LogP contribution in [0.15, 0.2) is 124 Å². The number of carbonyl (C=O) groups is 2. The van der Waals surface area contributed by atoms with E-state index >= 15 is 0 Å². The summed E-state index contributed by atoms with van der Waals surface area (Å²) in [5.41, 5.74) is 0.585. The van der Waals surface area contributed by atoms with Gasteiger partial charge in [0.25, 0.3) is 0 Å². The van der Waals surface area contributed by atoms with Gasteiger partial charge in [-0.1, -0.05) is 72.4 Å². The van der Waals surface area contributed by atoms with Gasteiger partial charge in [0, 0.05) is 18.3 Å². The molecule has 0 aromatic heterocycles. The third kappa shape index (κ3) is 18.2. The first-order valence-corrected chi connectivity index (χ1v) is 12.8. The Hall–Kier alpha value is -3.12. The molecule has 0 bridgehead atoms. The number of thiol groups is 1. The maximum absolute atomic E-state index is 11.0. The summed E-state index contributed by atoms with van der Waals surface area (Å²) in [6.45, 7) is 0. The fourth-order valence-corrected chi connectivity index (χ4v) is 4.05. The summed E-state index contributed by atoms with van der Waals surface area (Å²) in [5, 5.41) is 17.5. The Labute approximate surface area is 272 Å². The third-order valence-corrected chi connectivity index (χ3v) is 6.15. The number of hydrogen-bond donors (Lipinski definition) is 3. The Morgan fingerprint density at radius 2 is 1.00 bits per heavy atom. The second-order valence-corrected chi connectivity index (χ2v) is 9.34. The van der Waals surface area contributed by atoms with Gasteiger partial charge >= 0.3 is 24.2 Å². The number of carboxylic acids is 2. The van der Waals surface area contributed by atoms with Crippen LogP contribution < -0.4 is 0 Å². The molecule has 0 atom stereocenters. The molecule has 2 N–H and O–H groups in total. The smallest absolute Gasteiger partial charge is 0.373 e. The largest absolute Gasteiger partial charge is 1.00 e. The average Bonchev–Trinajstić information content (AvgIpc) is 2.92. The van der Waals surface area contributed by atoms with Crippen molar-refractivity contribution in [3.05, 3.63) is 124 Å². The van der Waals surface area contributed by atoms with Crippen LogP contribution in [0.25, 0.3) is 0 Å². The van der Waals surface area contributed by atoms with Crippen molar-refractivity contribution in [3.63, 3.8) is 0 Å². The van der Waals surface area contributed by atoms with Gasteiger partial charge in [0.1, 0.15) is 0 Å². The van der Waals surface area contributed by atoms with E-state index in [0.717, 1.165) is 9.79 Å². The first-order valence-electron chi connectivity index (χ1n) is 10.5. The van der Waals surface area contributed by atoms with Crippen LogP contribution in [0.3, 0.4) is 0 Å². The molecule has 0 spiro atoms. The van der Waals surface area contributed by atoms with Crippen LogP contribution in [0.1, 0.15) is 20.7 Å². The van der Waals surface area contributed by atoms with Crippen molar-refractivity contribution in [1.29, 1.82) is 0 Å². The molecule has 40 heavy (non-hydrogen) atoms. The van der Waals surface area contributed by atoms with Crippen LogP contribution >= 0.6 is 47.0 Å². The molecule has 0 fully saturated rings. The Kier molecular flexibility index (Phi) is 24.3. The molecule has 204 valence electrons. The molecule has 0 saturated heterocycles. The fraction of sp³-hybridized carbons (Fsp3) is 0. The summed E-state index contributed by atoms with van der Waals surface area (Å²) in [4.78, 5) is 56.2. The molecule has 0 saturated carbocycles. The molecule has 0 aliphatic carbocycles.